The highest BCUT2D eigenvalue weighted by atomic mass is 16.3. The van der Waals surface area contributed by atoms with E-state index in [0.29, 0.717) is 19.4 Å². The molecule has 1 unspecified atom stereocenters. The Hall–Kier alpha value is -2.85. The van der Waals surface area contributed by atoms with E-state index in [1.54, 1.807) is 11.2 Å². The van der Waals surface area contributed by atoms with Crippen molar-refractivity contribution >= 4 is 5.91 Å². The Morgan fingerprint density at radius 3 is 2.59 bits per heavy atom. The van der Waals surface area contributed by atoms with Crippen LogP contribution in [0.1, 0.15) is 35.0 Å². The van der Waals surface area contributed by atoms with Gasteiger partial charge in [0.05, 0.1) is 18.9 Å². The average Bonchev–Trinajstić information content (AvgIpc) is 3.20. The minimum atomic E-state index is -0.721. The molecule has 0 aliphatic rings. The molecule has 1 N–H and O–H groups in total. The molecule has 27 heavy (non-hydrogen) atoms. The number of carbonyl (C=O) groups is 1. The summed E-state index contributed by atoms with van der Waals surface area (Å²) in [5, 5.41) is 10.7. The average molecular weight is 363 g/mol. The maximum Gasteiger partial charge on any atom is 0.223 e. The third-order valence-electron chi connectivity index (χ3n) is 4.55. The lowest BCUT2D eigenvalue weighted by atomic mass is 10.1. The number of aryl methyl sites for hydroxylation is 2. The van der Waals surface area contributed by atoms with Gasteiger partial charge in [0.25, 0.3) is 0 Å². The fourth-order valence-electron chi connectivity index (χ4n) is 3.09. The van der Waals surface area contributed by atoms with Crippen LogP contribution in [-0.4, -0.2) is 22.5 Å². The molecule has 1 heterocycles. The first kappa shape index (κ1) is 18.9. The lowest BCUT2D eigenvalue weighted by molar-refractivity contribution is -0.133. The quantitative estimate of drug-likeness (QED) is 0.650. The molecule has 0 saturated heterocycles. The van der Waals surface area contributed by atoms with Crippen LogP contribution in [0.15, 0.2) is 77.4 Å². The van der Waals surface area contributed by atoms with Crippen molar-refractivity contribution in [1.82, 2.24) is 4.90 Å². The molecule has 0 aliphatic heterocycles. The second-order valence-electron chi connectivity index (χ2n) is 6.77. The molecule has 0 aliphatic carbocycles. The van der Waals surface area contributed by atoms with Gasteiger partial charge in [-0.25, -0.2) is 0 Å². The normalized spacial score (nSPS) is 11.9. The van der Waals surface area contributed by atoms with Gasteiger partial charge < -0.3 is 14.4 Å². The highest BCUT2D eigenvalue weighted by Crippen LogP contribution is 2.18. The Bertz CT molecular complexity index is 843. The molecule has 1 amide bonds. The first-order valence-electron chi connectivity index (χ1n) is 9.20. The number of rotatable bonds is 8. The van der Waals surface area contributed by atoms with Gasteiger partial charge in [-0.1, -0.05) is 60.2 Å². The molecular weight excluding hydrogens is 338 g/mol. The monoisotopic (exact) mass is 363 g/mol. The number of aliphatic hydroxyl groups is 1. The minimum absolute atomic E-state index is 0.00181. The lowest BCUT2D eigenvalue weighted by Gasteiger charge is -2.26. The van der Waals surface area contributed by atoms with Crippen LogP contribution >= 0.6 is 0 Å². The van der Waals surface area contributed by atoms with E-state index in [2.05, 4.69) is 0 Å². The van der Waals surface area contributed by atoms with E-state index < -0.39 is 6.10 Å². The zero-order chi connectivity index (χ0) is 19.1. The van der Waals surface area contributed by atoms with Crippen molar-refractivity contribution in [3.63, 3.8) is 0 Å². The van der Waals surface area contributed by atoms with Crippen LogP contribution in [-0.2, 0) is 17.8 Å². The number of amides is 1. The second-order valence-corrected chi connectivity index (χ2v) is 6.77. The number of hydrogen-bond acceptors (Lipinski definition) is 3. The van der Waals surface area contributed by atoms with Crippen molar-refractivity contribution < 1.29 is 14.3 Å². The van der Waals surface area contributed by atoms with Gasteiger partial charge in [-0.05, 0) is 30.2 Å². The summed E-state index contributed by atoms with van der Waals surface area (Å²) in [7, 11) is 0. The summed E-state index contributed by atoms with van der Waals surface area (Å²) in [5.74, 6) is 0.796. The number of carbonyl (C=O) groups excluding carboxylic acids is 1. The van der Waals surface area contributed by atoms with Crippen LogP contribution < -0.4 is 0 Å². The summed E-state index contributed by atoms with van der Waals surface area (Å²) in [5.41, 5.74) is 2.96. The highest BCUT2D eigenvalue weighted by molar-refractivity contribution is 5.76. The van der Waals surface area contributed by atoms with Crippen molar-refractivity contribution in [3.05, 3.63) is 95.4 Å². The largest absolute Gasteiger partial charge is 0.469 e. The number of nitrogens with zero attached hydrogens (tertiary/aromatic N) is 1. The Morgan fingerprint density at radius 2 is 1.89 bits per heavy atom. The maximum absolute atomic E-state index is 12.8. The molecule has 0 spiro atoms. The molecule has 3 aromatic rings. The molecule has 0 saturated carbocycles. The predicted octanol–water partition coefficient (Wildman–Crippen LogP) is 4.28. The Labute approximate surface area is 160 Å². The summed E-state index contributed by atoms with van der Waals surface area (Å²) in [6.07, 6.45) is 1.79. The molecule has 0 bridgehead atoms. The number of aliphatic hydroxyl groups excluding tert-OH is 1. The van der Waals surface area contributed by atoms with Crippen molar-refractivity contribution in [2.45, 2.75) is 32.4 Å². The third-order valence-corrected chi connectivity index (χ3v) is 4.55. The standard InChI is InChI=1S/C23H25NO3/c1-18-7-5-10-20(15-18)22(25)17-24(16-19-8-3-2-4-9-19)23(26)13-12-21-11-6-14-27-21/h2-11,14-15,22,25H,12-13,16-17H2,1H3. The van der Waals surface area contributed by atoms with Crippen molar-refractivity contribution in [3.8, 4) is 0 Å². The SMILES string of the molecule is Cc1cccc(C(O)CN(Cc2ccccc2)C(=O)CCc2ccco2)c1. The summed E-state index contributed by atoms with van der Waals surface area (Å²) >= 11 is 0. The molecule has 4 heteroatoms. The minimum Gasteiger partial charge on any atom is -0.469 e. The Balaban J connectivity index is 1.71. The number of furan rings is 1. The van der Waals surface area contributed by atoms with Crippen molar-refractivity contribution in [2.75, 3.05) is 6.54 Å². The Kier molecular flexibility index (Phi) is 6.44. The van der Waals surface area contributed by atoms with E-state index >= 15 is 0 Å². The first-order chi connectivity index (χ1) is 13.1. The highest BCUT2D eigenvalue weighted by Gasteiger charge is 2.19. The molecule has 1 atom stereocenters. The van der Waals surface area contributed by atoms with E-state index in [1.165, 1.54) is 0 Å². The van der Waals surface area contributed by atoms with E-state index in [1.807, 2.05) is 73.7 Å². The van der Waals surface area contributed by atoms with Gasteiger partial charge in [-0.2, -0.15) is 0 Å². The van der Waals surface area contributed by atoms with E-state index in [4.69, 9.17) is 4.42 Å². The van der Waals surface area contributed by atoms with Crippen LogP contribution in [0.2, 0.25) is 0 Å². The summed E-state index contributed by atoms with van der Waals surface area (Å²) in [6, 6.07) is 21.3. The van der Waals surface area contributed by atoms with Crippen LogP contribution in [0.5, 0.6) is 0 Å². The summed E-state index contributed by atoms with van der Waals surface area (Å²) < 4.78 is 5.33. The van der Waals surface area contributed by atoms with E-state index in [-0.39, 0.29) is 12.5 Å². The molecule has 1 aromatic heterocycles. The van der Waals surface area contributed by atoms with Gasteiger partial charge in [-0.3, -0.25) is 4.79 Å². The van der Waals surface area contributed by atoms with Gasteiger partial charge >= 0.3 is 0 Å². The predicted molar refractivity (Wildman–Crippen MR) is 105 cm³/mol. The van der Waals surface area contributed by atoms with Crippen molar-refractivity contribution in [1.29, 1.82) is 0 Å². The van der Waals surface area contributed by atoms with Crippen LogP contribution in [0.4, 0.5) is 0 Å². The molecule has 2 aromatic carbocycles. The van der Waals surface area contributed by atoms with Gasteiger partial charge in [-0.15, -0.1) is 0 Å². The summed E-state index contributed by atoms with van der Waals surface area (Å²) in [4.78, 5) is 14.6. The number of benzene rings is 2. The molecule has 4 nitrogen and oxygen atoms in total. The Morgan fingerprint density at radius 1 is 1.07 bits per heavy atom. The zero-order valence-electron chi connectivity index (χ0n) is 15.5. The van der Waals surface area contributed by atoms with E-state index in [0.717, 1.165) is 22.5 Å². The van der Waals surface area contributed by atoms with Gasteiger partial charge in [0.1, 0.15) is 5.76 Å². The molecule has 3 rings (SSSR count). The maximum atomic E-state index is 12.8. The molecule has 140 valence electrons. The van der Waals surface area contributed by atoms with Gasteiger partial charge in [0.15, 0.2) is 0 Å². The number of hydrogen-bond donors (Lipinski definition) is 1. The zero-order valence-corrected chi connectivity index (χ0v) is 15.5. The molecule has 0 radical (unpaired) electrons. The molecule has 0 fully saturated rings. The van der Waals surface area contributed by atoms with Gasteiger partial charge in [0.2, 0.25) is 5.91 Å². The van der Waals surface area contributed by atoms with Crippen molar-refractivity contribution in [2.24, 2.45) is 0 Å². The lowest BCUT2D eigenvalue weighted by Crippen LogP contribution is -2.34. The fourth-order valence-corrected chi connectivity index (χ4v) is 3.09. The van der Waals surface area contributed by atoms with Crippen LogP contribution in [0.25, 0.3) is 0 Å². The van der Waals surface area contributed by atoms with E-state index in [9.17, 15) is 9.90 Å². The fraction of sp³-hybridized carbons (Fsp3) is 0.261. The van der Waals surface area contributed by atoms with Crippen LogP contribution in [0.3, 0.4) is 0 Å². The summed E-state index contributed by atoms with van der Waals surface area (Å²) in [6.45, 7) is 2.72. The van der Waals surface area contributed by atoms with Crippen LogP contribution in [0, 0.1) is 6.92 Å². The molecular formula is C23H25NO3. The van der Waals surface area contributed by atoms with Gasteiger partial charge in [0, 0.05) is 19.4 Å². The first-order valence-corrected chi connectivity index (χ1v) is 9.20. The smallest absolute Gasteiger partial charge is 0.223 e. The second kappa shape index (κ2) is 9.19. The third kappa shape index (κ3) is 5.56. The topological polar surface area (TPSA) is 53.7 Å².